The number of nitrogens with one attached hydrogen (secondary N) is 2. The summed E-state index contributed by atoms with van der Waals surface area (Å²) in [5.74, 6) is 1.69. The van der Waals surface area contributed by atoms with Gasteiger partial charge in [-0.2, -0.15) is 0 Å². The van der Waals surface area contributed by atoms with Gasteiger partial charge in [-0.05, 0) is 65.6 Å². The average Bonchev–Trinajstić information content (AvgIpc) is 2.89. The number of hydrogen-bond acceptors (Lipinski definition) is 4. The van der Waals surface area contributed by atoms with Crippen molar-refractivity contribution in [2.75, 3.05) is 32.7 Å². The van der Waals surface area contributed by atoms with Crippen LogP contribution in [0.15, 0.2) is 4.99 Å². The third kappa shape index (κ3) is 7.78. The smallest absolute Gasteiger partial charge is 0.191 e. The van der Waals surface area contributed by atoms with E-state index in [0.717, 1.165) is 35.7 Å². The third-order valence-electron chi connectivity index (χ3n) is 4.53. The lowest BCUT2D eigenvalue weighted by atomic mass is 9.97. The Hall–Kier alpha value is -0.410. The quantitative estimate of drug-likeness (QED) is 0.357. The van der Waals surface area contributed by atoms with Crippen LogP contribution < -0.4 is 10.6 Å². The highest BCUT2D eigenvalue weighted by atomic mass is 127. The van der Waals surface area contributed by atoms with Crippen LogP contribution in [0.4, 0.5) is 0 Å². The topological polar surface area (TPSA) is 52.5 Å². The van der Waals surface area contributed by atoms with Crippen LogP contribution in [-0.2, 0) is 6.54 Å². The molecule has 0 aliphatic carbocycles. The normalized spacial score (nSPS) is 16.6. The Labute approximate surface area is 174 Å². The molecule has 2 rings (SSSR count). The van der Waals surface area contributed by atoms with Crippen LogP contribution in [0.25, 0.3) is 0 Å². The number of guanidine groups is 1. The molecule has 1 fully saturated rings. The lowest BCUT2D eigenvalue weighted by molar-refractivity contribution is 0.185. The summed E-state index contributed by atoms with van der Waals surface area (Å²) in [7, 11) is 0. The molecule has 1 aliphatic rings. The van der Waals surface area contributed by atoms with Gasteiger partial charge in [0.05, 0.1) is 17.2 Å². The fourth-order valence-electron chi connectivity index (χ4n) is 3.18. The molecule has 1 saturated heterocycles. The molecule has 0 aromatic carbocycles. The van der Waals surface area contributed by atoms with Crippen LogP contribution in [0.2, 0.25) is 0 Å². The number of aromatic nitrogens is 1. The van der Waals surface area contributed by atoms with Gasteiger partial charge >= 0.3 is 0 Å². The summed E-state index contributed by atoms with van der Waals surface area (Å²) >= 11 is 1.75. The molecule has 7 heteroatoms. The second-order valence-electron chi connectivity index (χ2n) is 6.60. The van der Waals surface area contributed by atoms with Crippen LogP contribution in [0.5, 0.6) is 0 Å². The summed E-state index contributed by atoms with van der Waals surface area (Å²) in [5.41, 5.74) is 1.11. The van der Waals surface area contributed by atoms with Gasteiger partial charge in [-0.25, -0.2) is 9.98 Å². The summed E-state index contributed by atoms with van der Waals surface area (Å²) in [6.07, 6.45) is 3.84. The molecule has 0 unspecified atom stereocenters. The molecule has 0 spiro atoms. The zero-order valence-corrected chi connectivity index (χ0v) is 19.2. The van der Waals surface area contributed by atoms with Crippen LogP contribution in [0.1, 0.15) is 48.7 Å². The number of piperidine rings is 1. The van der Waals surface area contributed by atoms with E-state index in [0.29, 0.717) is 6.54 Å². The molecule has 0 saturated carbocycles. The van der Waals surface area contributed by atoms with Crippen molar-refractivity contribution in [2.45, 2.75) is 53.5 Å². The summed E-state index contributed by atoms with van der Waals surface area (Å²) in [6, 6.07) is 0. The second kappa shape index (κ2) is 12.1. The zero-order chi connectivity index (χ0) is 17.4. The lowest BCUT2D eigenvalue weighted by Crippen LogP contribution is -2.43. The SMILES string of the molecule is CCCN1CCC(CNC(=NCc2sc(C)nc2C)NCC)CC1.I. The second-order valence-corrected chi connectivity index (χ2v) is 7.89. The Bertz CT molecular complexity index is 524. The molecule has 0 radical (unpaired) electrons. The largest absolute Gasteiger partial charge is 0.357 e. The molecule has 0 amide bonds. The molecular weight excluding hydrogens is 445 g/mol. The maximum Gasteiger partial charge on any atom is 0.191 e. The van der Waals surface area contributed by atoms with Gasteiger partial charge in [0.15, 0.2) is 5.96 Å². The fourth-order valence-corrected chi connectivity index (χ4v) is 4.05. The molecule has 1 aromatic rings. The summed E-state index contributed by atoms with van der Waals surface area (Å²) in [5, 5.41) is 8.02. The Kier molecular flexibility index (Phi) is 10.9. The standard InChI is InChI=1S/C18H33N5S.HI/c1-5-9-23-10-7-16(8-11-23)12-20-18(19-6-2)21-13-17-14(3)22-15(4)24-17;/h16H,5-13H2,1-4H3,(H2,19,20,21);1H. The van der Waals surface area contributed by atoms with Crippen molar-refractivity contribution < 1.29 is 0 Å². The summed E-state index contributed by atoms with van der Waals surface area (Å²) in [6.45, 7) is 14.9. The first kappa shape index (κ1) is 22.6. The summed E-state index contributed by atoms with van der Waals surface area (Å²) in [4.78, 5) is 13.1. The van der Waals surface area contributed by atoms with Crippen LogP contribution in [-0.4, -0.2) is 48.6 Å². The maximum absolute atomic E-state index is 4.74. The van der Waals surface area contributed by atoms with Gasteiger partial charge in [0.1, 0.15) is 0 Å². The van der Waals surface area contributed by atoms with E-state index in [2.05, 4.69) is 48.2 Å². The van der Waals surface area contributed by atoms with E-state index in [1.165, 1.54) is 43.8 Å². The highest BCUT2D eigenvalue weighted by Gasteiger charge is 2.18. The van der Waals surface area contributed by atoms with Gasteiger partial charge in [-0.15, -0.1) is 35.3 Å². The zero-order valence-electron chi connectivity index (χ0n) is 16.1. The number of aliphatic imine (C=N–C) groups is 1. The number of likely N-dealkylation sites (tertiary alicyclic amines) is 1. The van der Waals surface area contributed by atoms with Crippen molar-refractivity contribution in [1.82, 2.24) is 20.5 Å². The highest BCUT2D eigenvalue weighted by molar-refractivity contribution is 14.0. The van der Waals surface area contributed by atoms with Crippen LogP contribution in [0, 0.1) is 19.8 Å². The van der Waals surface area contributed by atoms with E-state index in [1.807, 2.05) is 0 Å². The Morgan fingerprint density at radius 3 is 2.52 bits per heavy atom. The molecule has 5 nitrogen and oxygen atoms in total. The minimum atomic E-state index is 0. The predicted molar refractivity (Wildman–Crippen MR) is 119 cm³/mol. The molecule has 1 aromatic heterocycles. The molecule has 144 valence electrons. The monoisotopic (exact) mass is 479 g/mol. The minimum Gasteiger partial charge on any atom is -0.357 e. The van der Waals surface area contributed by atoms with Crippen molar-refractivity contribution >= 4 is 41.3 Å². The van der Waals surface area contributed by atoms with Crippen molar-refractivity contribution in [3.8, 4) is 0 Å². The van der Waals surface area contributed by atoms with Gasteiger partial charge in [-0.3, -0.25) is 0 Å². The van der Waals surface area contributed by atoms with Crippen molar-refractivity contribution in [2.24, 2.45) is 10.9 Å². The average molecular weight is 479 g/mol. The minimum absolute atomic E-state index is 0. The molecule has 1 aliphatic heterocycles. The van der Waals surface area contributed by atoms with Crippen LogP contribution >= 0.6 is 35.3 Å². The number of halogens is 1. The van der Waals surface area contributed by atoms with E-state index in [9.17, 15) is 0 Å². The fraction of sp³-hybridized carbons (Fsp3) is 0.778. The van der Waals surface area contributed by atoms with Gasteiger partial charge in [0.25, 0.3) is 0 Å². The van der Waals surface area contributed by atoms with E-state index in [4.69, 9.17) is 4.99 Å². The van der Waals surface area contributed by atoms with E-state index in [1.54, 1.807) is 11.3 Å². The third-order valence-corrected chi connectivity index (χ3v) is 5.59. The first-order valence-electron chi connectivity index (χ1n) is 9.29. The molecule has 25 heavy (non-hydrogen) atoms. The van der Waals surface area contributed by atoms with E-state index >= 15 is 0 Å². The van der Waals surface area contributed by atoms with Gasteiger partial charge in [-0.1, -0.05) is 6.92 Å². The van der Waals surface area contributed by atoms with Gasteiger partial charge in [0.2, 0.25) is 0 Å². The first-order valence-corrected chi connectivity index (χ1v) is 10.1. The van der Waals surface area contributed by atoms with Crippen LogP contribution in [0.3, 0.4) is 0 Å². The van der Waals surface area contributed by atoms with Gasteiger partial charge in [0, 0.05) is 18.0 Å². The predicted octanol–water partition coefficient (Wildman–Crippen LogP) is 3.56. The summed E-state index contributed by atoms with van der Waals surface area (Å²) < 4.78 is 0. The van der Waals surface area contributed by atoms with E-state index < -0.39 is 0 Å². The maximum atomic E-state index is 4.74. The number of aryl methyl sites for hydroxylation is 2. The number of rotatable bonds is 7. The van der Waals surface area contributed by atoms with E-state index in [-0.39, 0.29) is 24.0 Å². The van der Waals surface area contributed by atoms with Crippen molar-refractivity contribution in [1.29, 1.82) is 0 Å². The highest BCUT2D eigenvalue weighted by Crippen LogP contribution is 2.18. The Morgan fingerprint density at radius 1 is 1.24 bits per heavy atom. The van der Waals surface area contributed by atoms with Crippen molar-refractivity contribution in [3.05, 3.63) is 15.6 Å². The molecule has 0 atom stereocenters. The molecule has 2 heterocycles. The lowest BCUT2D eigenvalue weighted by Gasteiger charge is -2.32. The molecule has 0 bridgehead atoms. The number of hydrogen-bond donors (Lipinski definition) is 2. The van der Waals surface area contributed by atoms with Crippen molar-refractivity contribution in [3.63, 3.8) is 0 Å². The van der Waals surface area contributed by atoms with Gasteiger partial charge < -0.3 is 15.5 Å². The molecular formula is C18H34IN5S. The molecule has 2 N–H and O–H groups in total. The number of thiazole rings is 1. The number of nitrogens with zero attached hydrogens (tertiary/aromatic N) is 3. The first-order chi connectivity index (χ1) is 11.6. The Balaban J connectivity index is 0.00000312. The Morgan fingerprint density at radius 2 is 1.96 bits per heavy atom.